The highest BCUT2D eigenvalue weighted by atomic mass is 32.2. The second-order valence-electron chi connectivity index (χ2n) is 4.52. The van der Waals surface area contributed by atoms with Gasteiger partial charge in [0.15, 0.2) is 5.82 Å². The van der Waals surface area contributed by atoms with Crippen LogP contribution in [0.3, 0.4) is 0 Å². The zero-order valence-electron chi connectivity index (χ0n) is 10.7. The number of aryl methyl sites for hydroxylation is 1. The summed E-state index contributed by atoms with van der Waals surface area (Å²) in [5.41, 5.74) is 3.89. The molecule has 0 amide bonds. The molecule has 2 heterocycles. The third-order valence-electron chi connectivity index (χ3n) is 3.45. The molecule has 94 valence electrons. The van der Waals surface area contributed by atoms with Crippen LogP contribution in [-0.4, -0.2) is 26.0 Å². The van der Waals surface area contributed by atoms with Crippen LogP contribution in [0.25, 0.3) is 5.82 Å². The molecule has 2 aromatic rings. The average Bonchev–Trinajstić information content (AvgIpc) is 2.76. The van der Waals surface area contributed by atoms with E-state index in [0.29, 0.717) is 0 Å². The first-order valence-corrected chi connectivity index (χ1v) is 7.46. The third kappa shape index (κ3) is 1.82. The third-order valence-corrected chi connectivity index (χ3v) is 4.13. The Morgan fingerprint density at radius 2 is 1.94 bits per heavy atom. The lowest BCUT2D eigenvalue weighted by Gasteiger charge is -2.09. The molecule has 0 radical (unpaired) electrons. The first kappa shape index (κ1) is 11.7. The molecule has 0 spiro atoms. The van der Waals surface area contributed by atoms with Crippen molar-refractivity contribution in [1.82, 2.24) is 19.7 Å². The molecule has 18 heavy (non-hydrogen) atoms. The number of aromatic nitrogens is 4. The Morgan fingerprint density at radius 3 is 2.72 bits per heavy atom. The monoisotopic (exact) mass is 260 g/mol. The van der Waals surface area contributed by atoms with Crippen LogP contribution in [0.15, 0.2) is 17.4 Å². The van der Waals surface area contributed by atoms with Crippen molar-refractivity contribution in [1.29, 1.82) is 0 Å². The Bertz CT molecular complexity index is 576. The second-order valence-corrected chi connectivity index (χ2v) is 5.31. The predicted molar refractivity (Wildman–Crippen MR) is 72.3 cm³/mol. The first-order valence-electron chi connectivity index (χ1n) is 6.24. The van der Waals surface area contributed by atoms with E-state index in [1.54, 1.807) is 24.2 Å². The molecular formula is C13H16N4S. The largest absolute Gasteiger partial charge is 0.244 e. The summed E-state index contributed by atoms with van der Waals surface area (Å²) in [7, 11) is 0. The van der Waals surface area contributed by atoms with Gasteiger partial charge in [-0.3, -0.25) is 0 Å². The normalized spacial score (nSPS) is 14.6. The van der Waals surface area contributed by atoms with Crippen LogP contribution in [0, 0.1) is 6.92 Å². The fraction of sp³-hybridized carbons (Fsp3) is 0.462. The van der Waals surface area contributed by atoms with Gasteiger partial charge in [0.05, 0.1) is 5.69 Å². The number of fused-ring (bicyclic) bond motifs is 1. The quantitative estimate of drug-likeness (QED) is 0.778. The number of thioether (sulfide) groups is 1. The molecule has 1 aliphatic rings. The van der Waals surface area contributed by atoms with E-state index < -0.39 is 0 Å². The summed E-state index contributed by atoms with van der Waals surface area (Å²) < 4.78 is 1.97. The summed E-state index contributed by atoms with van der Waals surface area (Å²) in [6.07, 6.45) is 10.2. The molecule has 0 unspecified atom stereocenters. The van der Waals surface area contributed by atoms with Crippen LogP contribution >= 0.6 is 11.8 Å². The molecule has 0 aliphatic heterocycles. The van der Waals surface area contributed by atoms with E-state index in [4.69, 9.17) is 5.10 Å². The van der Waals surface area contributed by atoms with Gasteiger partial charge in [0, 0.05) is 18.1 Å². The number of nitrogens with zero attached hydrogens (tertiary/aromatic N) is 4. The molecule has 5 heteroatoms. The Hall–Kier alpha value is -1.36. The summed E-state index contributed by atoms with van der Waals surface area (Å²) in [4.78, 5) is 8.80. The SMILES string of the molecule is CSc1nccnc1-n1nc2c(c1C)CCCC2. The minimum Gasteiger partial charge on any atom is -0.244 e. The Kier molecular flexibility index (Phi) is 3.07. The summed E-state index contributed by atoms with van der Waals surface area (Å²) in [5.74, 6) is 0.858. The van der Waals surface area contributed by atoms with Gasteiger partial charge in [-0.25, -0.2) is 14.6 Å². The van der Waals surface area contributed by atoms with Crippen LogP contribution in [-0.2, 0) is 12.8 Å². The molecule has 0 aromatic carbocycles. The maximum absolute atomic E-state index is 4.73. The van der Waals surface area contributed by atoms with Crippen molar-refractivity contribution in [2.24, 2.45) is 0 Å². The number of rotatable bonds is 2. The van der Waals surface area contributed by atoms with Crippen molar-refractivity contribution in [2.45, 2.75) is 37.6 Å². The van der Waals surface area contributed by atoms with E-state index in [1.807, 2.05) is 10.9 Å². The fourth-order valence-electron chi connectivity index (χ4n) is 2.53. The average molecular weight is 260 g/mol. The predicted octanol–water partition coefficient (Wildman–Crippen LogP) is 2.57. The van der Waals surface area contributed by atoms with Gasteiger partial charge in [-0.15, -0.1) is 11.8 Å². The van der Waals surface area contributed by atoms with Gasteiger partial charge in [-0.1, -0.05) is 0 Å². The van der Waals surface area contributed by atoms with Crippen molar-refractivity contribution in [3.05, 3.63) is 29.3 Å². The Balaban J connectivity index is 2.14. The van der Waals surface area contributed by atoms with Crippen molar-refractivity contribution < 1.29 is 0 Å². The maximum Gasteiger partial charge on any atom is 0.186 e. The van der Waals surface area contributed by atoms with Gasteiger partial charge in [-0.05, 0) is 44.4 Å². The maximum atomic E-state index is 4.73. The zero-order valence-corrected chi connectivity index (χ0v) is 11.5. The van der Waals surface area contributed by atoms with Gasteiger partial charge in [0.25, 0.3) is 0 Å². The van der Waals surface area contributed by atoms with Gasteiger partial charge < -0.3 is 0 Å². The summed E-state index contributed by atoms with van der Waals surface area (Å²) in [6, 6.07) is 0. The van der Waals surface area contributed by atoms with Crippen molar-refractivity contribution in [3.8, 4) is 5.82 Å². The van der Waals surface area contributed by atoms with Gasteiger partial charge in [0.1, 0.15) is 5.03 Å². The minimum absolute atomic E-state index is 0.858. The van der Waals surface area contributed by atoms with Crippen molar-refractivity contribution >= 4 is 11.8 Å². The van der Waals surface area contributed by atoms with Crippen LogP contribution in [0.4, 0.5) is 0 Å². The number of hydrogen-bond acceptors (Lipinski definition) is 4. The first-order chi connectivity index (χ1) is 8.81. The molecule has 2 aromatic heterocycles. The molecule has 4 nitrogen and oxygen atoms in total. The molecule has 3 rings (SSSR count). The Morgan fingerprint density at radius 1 is 1.17 bits per heavy atom. The van der Waals surface area contributed by atoms with Gasteiger partial charge >= 0.3 is 0 Å². The summed E-state index contributed by atoms with van der Waals surface area (Å²) in [5, 5.41) is 5.66. The van der Waals surface area contributed by atoms with Gasteiger partial charge in [-0.2, -0.15) is 5.10 Å². The number of hydrogen-bond donors (Lipinski definition) is 0. The smallest absolute Gasteiger partial charge is 0.186 e. The van der Waals surface area contributed by atoms with Crippen molar-refractivity contribution in [2.75, 3.05) is 6.26 Å². The highest BCUT2D eigenvalue weighted by molar-refractivity contribution is 7.98. The lowest BCUT2D eigenvalue weighted by molar-refractivity contribution is 0.669. The molecule has 0 fully saturated rings. The van der Waals surface area contributed by atoms with Crippen LogP contribution in [0.2, 0.25) is 0 Å². The van der Waals surface area contributed by atoms with E-state index in [1.165, 1.54) is 29.8 Å². The molecule has 0 saturated carbocycles. The molecule has 1 aliphatic carbocycles. The molecule has 0 saturated heterocycles. The highest BCUT2D eigenvalue weighted by Gasteiger charge is 2.20. The standard InChI is InChI=1S/C13H16N4S/c1-9-10-5-3-4-6-11(10)16-17(9)12-13(18-2)15-8-7-14-12/h7-8H,3-6H2,1-2H3. The van der Waals surface area contributed by atoms with E-state index in [0.717, 1.165) is 23.7 Å². The second kappa shape index (κ2) is 4.72. The van der Waals surface area contributed by atoms with Crippen LogP contribution in [0.1, 0.15) is 29.8 Å². The van der Waals surface area contributed by atoms with E-state index >= 15 is 0 Å². The Labute approximate surface area is 111 Å². The lowest BCUT2D eigenvalue weighted by Crippen LogP contribution is -2.05. The molecule has 0 atom stereocenters. The summed E-state index contributed by atoms with van der Waals surface area (Å²) >= 11 is 1.61. The molecule has 0 bridgehead atoms. The van der Waals surface area contributed by atoms with Crippen molar-refractivity contribution in [3.63, 3.8) is 0 Å². The lowest BCUT2D eigenvalue weighted by atomic mass is 9.96. The summed E-state index contributed by atoms with van der Waals surface area (Å²) in [6.45, 7) is 2.13. The molecule has 0 N–H and O–H groups in total. The topological polar surface area (TPSA) is 43.6 Å². The zero-order chi connectivity index (χ0) is 12.5. The van der Waals surface area contributed by atoms with E-state index in [9.17, 15) is 0 Å². The van der Waals surface area contributed by atoms with Crippen LogP contribution in [0.5, 0.6) is 0 Å². The van der Waals surface area contributed by atoms with E-state index in [2.05, 4.69) is 16.9 Å². The van der Waals surface area contributed by atoms with E-state index in [-0.39, 0.29) is 0 Å². The highest BCUT2D eigenvalue weighted by Crippen LogP contribution is 2.27. The fourth-order valence-corrected chi connectivity index (χ4v) is 3.01. The minimum atomic E-state index is 0.858. The van der Waals surface area contributed by atoms with Crippen LogP contribution < -0.4 is 0 Å². The van der Waals surface area contributed by atoms with Gasteiger partial charge in [0.2, 0.25) is 0 Å². The molecular weight excluding hydrogens is 244 g/mol.